The number of anilines is 15. The van der Waals surface area contributed by atoms with E-state index in [4.69, 9.17) is 4.98 Å². The highest BCUT2D eigenvalue weighted by atomic mass is 15.3. The summed E-state index contributed by atoms with van der Waals surface area (Å²) in [5, 5.41) is 7.37. The molecule has 0 radical (unpaired) electrons. The number of para-hydroxylation sites is 19. The van der Waals surface area contributed by atoms with Gasteiger partial charge in [-0.25, -0.2) is 4.98 Å². The molecule has 0 atom stereocenters. The van der Waals surface area contributed by atoms with Crippen molar-refractivity contribution in [2.24, 2.45) is 0 Å². The molecule has 0 spiro atoms. The molecule has 8 nitrogen and oxygen atoms in total. The number of pyridine rings is 2. The van der Waals surface area contributed by atoms with Crippen LogP contribution in [0.2, 0.25) is 0 Å². The van der Waals surface area contributed by atoms with Crippen LogP contribution in [0.3, 0.4) is 0 Å². The third-order valence-electron chi connectivity index (χ3n) is 24.5. The molecule has 0 saturated carbocycles. The first-order chi connectivity index (χ1) is 67.6. The Balaban J connectivity index is 0.0000000989. The second-order valence-corrected chi connectivity index (χ2v) is 33.0. The van der Waals surface area contributed by atoms with Crippen molar-refractivity contribution in [2.45, 2.75) is 12.8 Å². The largest absolute Gasteiger partial charge is 0.317 e. The molecule has 0 bridgehead atoms. The summed E-state index contributed by atoms with van der Waals surface area (Å²) >= 11 is 0. The molecule has 20 aromatic carbocycles. The summed E-state index contributed by atoms with van der Waals surface area (Å²) in [5.41, 5.74) is 31.4. The maximum absolute atomic E-state index is 4.76. The average Bonchev–Trinajstić information content (AvgIpc) is 0.759. The Morgan fingerprint density at radius 2 is 0.522 bits per heavy atom. The summed E-state index contributed by atoms with van der Waals surface area (Å²) in [7, 11) is 0. The van der Waals surface area contributed by atoms with E-state index in [2.05, 4.69) is 556 Å². The van der Waals surface area contributed by atoms with Crippen molar-refractivity contribution < 1.29 is 0 Å². The van der Waals surface area contributed by atoms with Crippen LogP contribution in [0.1, 0.15) is 22.3 Å². The highest BCUT2D eigenvalue weighted by molar-refractivity contribution is 6.10. The zero-order valence-corrected chi connectivity index (χ0v) is 75.3. The molecule has 23 aromatic rings. The van der Waals surface area contributed by atoms with E-state index in [1.165, 1.54) is 162 Å². The van der Waals surface area contributed by atoms with Gasteiger partial charge in [0.25, 0.3) is 0 Å². The van der Waals surface area contributed by atoms with Gasteiger partial charge in [-0.1, -0.05) is 382 Å². The third kappa shape index (κ3) is 19.2. The van der Waals surface area contributed by atoms with E-state index in [1.807, 2.05) is 48.7 Å². The molecule has 3 aromatic heterocycles. The fourth-order valence-corrected chi connectivity index (χ4v) is 18.3. The number of hydrogen-bond acceptors (Lipinski definition) is 7. The van der Waals surface area contributed by atoms with E-state index in [1.54, 1.807) is 0 Å². The quantitative estimate of drug-likeness (QED) is 0.105. The zero-order chi connectivity index (χ0) is 91.2. The van der Waals surface area contributed by atoms with Crippen molar-refractivity contribution in [2.75, 3.05) is 24.5 Å². The molecule has 136 heavy (non-hydrogen) atoms. The molecule has 3 aliphatic rings. The summed E-state index contributed by atoms with van der Waals surface area (Å²) in [5.74, 6) is 0. The van der Waals surface area contributed by atoms with Crippen molar-refractivity contribution in [3.8, 4) is 16.8 Å². The van der Waals surface area contributed by atoms with Gasteiger partial charge in [-0.05, 0) is 227 Å². The third-order valence-corrected chi connectivity index (χ3v) is 24.5. The zero-order valence-electron chi connectivity index (χ0n) is 75.3. The van der Waals surface area contributed by atoms with Crippen molar-refractivity contribution in [1.82, 2.24) is 14.5 Å². The van der Waals surface area contributed by atoms with Crippen LogP contribution >= 0.6 is 0 Å². The monoisotopic (exact) mass is 1750 g/mol. The van der Waals surface area contributed by atoms with Gasteiger partial charge in [0.1, 0.15) is 0 Å². The van der Waals surface area contributed by atoms with Gasteiger partial charge in [-0.3, -0.25) is 4.98 Å². The Labute approximate surface area is 795 Å². The number of nitrogens with zero attached hydrogens (tertiary/aromatic N) is 8. The van der Waals surface area contributed by atoms with Gasteiger partial charge in [0, 0.05) is 96.4 Å². The van der Waals surface area contributed by atoms with Crippen molar-refractivity contribution in [1.29, 1.82) is 0 Å². The van der Waals surface area contributed by atoms with Crippen LogP contribution in [0.15, 0.2) is 558 Å². The molecule has 3 aliphatic heterocycles. The predicted octanol–water partition coefficient (Wildman–Crippen LogP) is 35.1. The van der Waals surface area contributed by atoms with Crippen LogP contribution in [-0.4, -0.2) is 14.5 Å². The lowest BCUT2D eigenvalue weighted by Crippen LogP contribution is -2.23. The lowest BCUT2D eigenvalue weighted by molar-refractivity contribution is 0.977. The Kier molecular flexibility index (Phi) is 26.5. The number of fused-ring (bicyclic) bond motifs is 12. The van der Waals surface area contributed by atoms with E-state index in [0.29, 0.717) is 0 Å². The van der Waals surface area contributed by atoms with Gasteiger partial charge in [0.2, 0.25) is 0 Å². The van der Waals surface area contributed by atoms with E-state index in [9.17, 15) is 0 Å². The van der Waals surface area contributed by atoms with Crippen LogP contribution in [0.4, 0.5) is 85.3 Å². The van der Waals surface area contributed by atoms with E-state index in [-0.39, 0.29) is 0 Å². The fourth-order valence-electron chi connectivity index (χ4n) is 18.3. The predicted molar refractivity (Wildman–Crippen MR) is 576 cm³/mol. The maximum Gasteiger partial charge on any atom is 0.0780 e. The molecular formula is C128H98N8. The summed E-state index contributed by atoms with van der Waals surface area (Å²) < 4.78 is 2.20. The Morgan fingerprint density at radius 3 is 0.963 bits per heavy atom. The SMILES string of the molecule is C1=Cc2ccccc2N(c2ccccc2)c2ccccc21.c1ccc(-c2c3ccccc3nc3ccccc23)cc1.c1ccc(-n2ccc3ccccc32)cc1.c1ccc(N(c2ccccc2)c2ccccc2)cc1.c1ccc(N2c3ccccc3CCc3ccccc32)cc1.c1ccc(N2c3ccccc3N(c3ccccc3)c3ccccc32)cc1.c1ccc2c(c1)ccc1cccnc12. The van der Waals surface area contributed by atoms with Gasteiger partial charge in [-0.2, -0.15) is 0 Å². The normalized spacial score (nSPS) is 11.7. The highest BCUT2D eigenvalue weighted by Crippen LogP contribution is 2.54. The van der Waals surface area contributed by atoms with Gasteiger partial charge >= 0.3 is 0 Å². The lowest BCUT2D eigenvalue weighted by Gasteiger charge is -2.40. The van der Waals surface area contributed by atoms with Gasteiger partial charge < -0.3 is 29.1 Å². The van der Waals surface area contributed by atoms with Crippen LogP contribution in [0.25, 0.3) is 83.4 Å². The van der Waals surface area contributed by atoms with Crippen molar-refractivity contribution >= 4 is 152 Å². The Morgan fingerprint density at radius 1 is 0.213 bits per heavy atom. The second-order valence-electron chi connectivity index (χ2n) is 33.0. The number of aromatic nitrogens is 3. The van der Waals surface area contributed by atoms with Gasteiger partial charge in [0.15, 0.2) is 0 Å². The topological polar surface area (TPSA) is 46.9 Å². The van der Waals surface area contributed by atoms with Crippen LogP contribution in [-0.2, 0) is 12.8 Å². The minimum absolute atomic E-state index is 1.05. The van der Waals surface area contributed by atoms with E-state index < -0.39 is 0 Å². The first-order valence-corrected chi connectivity index (χ1v) is 46.3. The maximum atomic E-state index is 4.76. The molecule has 26 rings (SSSR count). The Bertz CT molecular complexity index is 7450. The highest BCUT2D eigenvalue weighted by Gasteiger charge is 2.31. The molecule has 6 heterocycles. The minimum Gasteiger partial charge on any atom is -0.317 e. The molecule has 0 fully saturated rings. The van der Waals surface area contributed by atoms with Crippen molar-refractivity contribution in [3.05, 3.63) is 581 Å². The second kappa shape index (κ2) is 41.8. The fraction of sp³-hybridized carbons (Fsp3) is 0.0156. The lowest BCUT2D eigenvalue weighted by atomic mass is 9.96. The van der Waals surface area contributed by atoms with E-state index >= 15 is 0 Å². The minimum atomic E-state index is 1.05. The first-order valence-electron chi connectivity index (χ1n) is 46.3. The molecule has 0 N–H and O–H groups in total. The van der Waals surface area contributed by atoms with Crippen LogP contribution in [0.5, 0.6) is 0 Å². The van der Waals surface area contributed by atoms with E-state index in [0.717, 1.165) is 29.4 Å². The molecule has 0 aliphatic carbocycles. The number of benzene rings is 20. The molecule has 8 heteroatoms. The van der Waals surface area contributed by atoms with Gasteiger partial charge in [-0.15, -0.1) is 0 Å². The number of hydrogen-bond donors (Lipinski definition) is 0. The standard InChI is InChI=1S/C24H18N2.C20H17N.C20H15N.C19H13N.C18H15N.C14H11N.C13H9N/c1-3-11-19(12-4-1)25-21-15-7-9-17-23(21)26(20-13-5-2-6-14-20)24-18-10-8-16-22(24)25;2*1-2-10-18(11-3-1)21-19-12-6-4-8-16(19)14-15-17-9-5-7-13-20(17)21;1-2-8-14(9-3-1)19-15-10-4-6-12-17(15)20-18-13-7-5-11-16(18)19;1-4-10-16(11-5-1)19(17-12-6-2-7-13-17)18-14-8-3-9-15-18;1-2-7-13(8-3-1)15-11-10-12-6-4-5-9-14(12)15;1-2-6-12-10(4-1)7-8-11-5-3-9-14-13(11)12/h1-18H;1-13H,14-15H2;1-15H;1-13H;1-15H;1-11H;1-9H. The number of rotatable bonds is 9. The summed E-state index contributed by atoms with van der Waals surface area (Å²) in [6.45, 7) is 0. The number of aryl methyl sites for hydroxylation is 2. The van der Waals surface area contributed by atoms with Gasteiger partial charge in [0.05, 0.1) is 56.2 Å². The smallest absolute Gasteiger partial charge is 0.0780 e. The van der Waals surface area contributed by atoms with Crippen LogP contribution in [0, 0.1) is 0 Å². The Hall–Kier alpha value is -18.0. The molecule has 0 saturated heterocycles. The summed E-state index contributed by atoms with van der Waals surface area (Å²) in [4.78, 5) is 20.8. The average molecular weight is 1750 g/mol. The van der Waals surface area contributed by atoms with Crippen molar-refractivity contribution in [3.63, 3.8) is 0 Å². The summed E-state index contributed by atoms with van der Waals surface area (Å²) in [6, 6.07) is 190. The van der Waals surface area contributed by atoms with Crippen LogP contribution < -0.4 is 24.5 Å². The molecule has 0 amide bonds. The summed E-state index contributed by atoms with van der Waals surface area (Å²) in [6.07, 6.45) is 10.5. The molecular weight excluding hydrogens is 1650 g/mol. The first kappa shape index (κ1) is 86.1. The molecule has 0 unspecified atom stereocenters. The molecule has 650 valence electrons.